The molecule has 4 aromatic rings. The summed E-state index contributed by atoms with van der Waals surface area (Å²) in [5.41, 5.74) is 8.88. The van der Waals surface area contributed by atoms with E-state index < -0.39 is 0 Å². The molecule has 0 saturated carbocycles. The van der Waals surface area contributed by atoms with Gasteiger partial charge >= 0.3 is 0 Å². The molecule has 3 N–H and O–H groups in total. The number of hydrogen-bond acceptors (Lipinski definition) is 5. The lowest BCUT2D eigenvalue weighted by atomic mass is 10.1. The molecule has 0 aliphatic heterocycles. The molecule has 2 aromatic carbocycles. The summed E-state index contributed by atoms with van der Waals surface area (Å²) in [5.74, 6) is 0.329. The van der Waals surface area contributed by atoms with Crippen molar-refractivity contribution in [3.05, 3.63) is 71.2 Å². The van der Waals surface area contributed by atoms with Crippen molar-refractivity contribution in [2.75, 3.05) is 11.1 Å². The van der Waals surface area contributed by atoms with Crippen molar-refractivity contribution in [2.45, 2.75) is 0 Å². The lowest BCUT2D eigenvalue weighted by molar-refractivity contribution is 0.627. The molecule has 0 amide bonds. The van der Waals surface area contributed by atoms with E-state index in [9.17, 15) is 4.39 Å². The molecule has 0 unspecified atom stereocenters. The van der Waals surface area contributed by atoms with Crippen LogP contribution in [0, 0.1) is 5.82 Å². The molecule has 4 rings (SSSR count). The van der Waals surface area contributed by atoms with E-state index in [1.807, 2.05) is 30.3 Å². The minimum atomic E-state index is -0.328. The van der Waals surface area contributed by atoms with Gasteiger partial charge in [0, 0.05) is 27.2 Å². The molecule has 0 bridgehead atoms. The van der Waals surface area contributed by atoms with Gasteiger partial charge in [-0.05, 0) is 24.3 Å². The number of nitrogens with two attached hydrogens (primary N) is 1. The zero-order chi connectivity index (χ0) is 18.1. The fourth-order valence-corrected chi connectivity index (χ4v) is 3.24. The zero-order valence-corrected chi connectivity index (χ0v) is 15.0. The van der Waals surface area contributed by atoms with Crippen molar-refractivity contribution >= 4 is 44.3 Å². The lowest BCUT2D eigenvalue weighted by Crippen LogP contribution is -2.02. The summed E-state index contributed by atoms with van der Waals surface area (Å²) in [7, 11) is 0. The van der Waals surface area contributed by atoms with Crippen LogP contribution in [0.5, 0.6) is 0 Å². The van der Waals surface area contributed by atoms with Crippen LogP contribution in [0.1, 0.15) is 0 Å². The van der Waals surface area contributed by atoms with E-state index in [-0.39, 0.29) is 11.8 Å². The first-order valence-corrected chi connectivity index (χ1v) is 8.59. The second kappa shape index (κ2) is 6.68. The second-order valence-electron chi connectivity index (χ2n) is 5.66. The molecule has 128 valence electrons. The predicted molar refractivity (Wildman–Crippen MR) is 105 cm³/mol. The number of halogens is 2. The Labute approximate surface area is 157 Å². The summed E-state index contributed by atoms with van der Waals surface area (Å²) in [6.07, 6.45) is 3.33. The molecule has 7 heteroatoms. The smallest absolute Gasteiger partial charge is 0.221 e. The fraction of sp³-hybridized carbons (Fsp3) is 0. The van der Waals surface area contributed by atoms with Crippen LogP contribution in [-0.4, -0.2) is 15.0 Å². The highest BCUT2D eigenvalue weighted by Crippen LogP contribution is 2.34. The summed E-state index contributed by atoms with van der Waals surface area (Å²) < 4.78 is 14.0. The maximum absolute atomic E-state index is 13.4. The van der Waals surface area contributed by atoms with Gasteiger partial charge in [0.2, 0.25) is 5.95 Å². The number of pyridine rings is 1. The SMILES string of the molecule is Nc1ncc(-c2ccc(F)cc2Br)c(Nc2cnc3ccccc3c2)n1. The first-order chi connectivity index (χ1) is 12.6. The molecule has 5 nitrogen and oxygen atoms in total. The number of nitrogens with zero attached hydrogens (tertiary/aromatic N) is 3. The lowest BCUT2D eigenvalue weighted by Gasteiger charge is -2.13. The molecule has 0 fully saturated rings. The van der Waals surface area contributed by atoms with E-state index in [2.05, 4.69) is 36.2 Å². The molecule has 0 saturated heterocycles. The minimum Gasteiger partial charge on any atom is -0.368 e. The Bertz CT molecular complexity index is 1120. The molecule has 0 atom stereocenters. The Balaban J connectivity index is 1.79. The Kier molecular flexibility index (Phi) is 4.22. The van der Waals surface area contributed by atoms with Crippen molar-refractivity contribution in [3.63, 3.8) is 0 Å². The number of nitrogen functional groups attached to an aromatic ring is 1. The molecule has 0 spiro atoms. The van der Waals surface area contributed by atoms with Crippen LogP contribution in [-0.2, 0) is 0 Å². The van der Waals surface area contributed by atoms with Gasteiger partial charge in [-0.25, -0.2) is 9.37 Å². The Morgan fingerprint density at radius 1 is 0.962 bits per heavy atom. The first-order valence-electron chi connectivity index (χ1n) is 7.80. The molecule has 2 heterocycles. The first kappa shape index (κ1) is 16.4. The van der Waals surface area contributed by atoms with Crippen LogP contribution < -0.4 is 11.1 Å². The standard InChI is InChI=1S/C19H13BrFN5/c20-16-8-12(21)5-6-14(16)15-10-24-19(22)26-18(15)25-13-7-11-3-1-2-4-17(11)23-9-13/h1-10H,(H3,22,24,25,26). The number of benzene rings is 2. The maximum Gasteiger partial charge on any atom is 0.221 e. The largest absolute Gasteiger partial charge is 0.368 e. The molecule has 0 radical (unpaired) electrons. The monoisotopic (exact) mass is 409 g/mol. The van der Waals surface area contributed by atoms with Crippen LogP contribution in [0.25, 0.3) is 22.0 Å². The van der Waals surface area contributed by atoms with Gasteiger partial charge in [0.25, 0.3) is 0 Å². The highest BCUT2D eigenvalue weighted by Gasteiger charge is 2.13. The van der Waals surface area contributed by atoms with Crippen molar-refractivity contribution in [2.24, 2.45) is 0 Å². The van der Waals surface area contributed by atoms with Crippen LogP contribution >= 0.6 is 15.9 Å². The van der Waals surface area contributed by atoms with E-state index in [0.717, 1.165) is 22.2 Å². The van der Waals surface area contributed by atoms with Gasteiger partial charge < -0.3 is 11.1 Å². The zero-order valence-electron chi connectivity index (χ0n) is 13.4. The van der Waals surface area contributed by atoms with E-state index in [0.29, 0.717) is 15.9 Å². The van der Waals surface area contributed by atoms with Crippen LogP contribution in [0.2, 0.25) is 0 Å². The third-order valence-corrected chi connectivity index (χ3v) is 4.54. The van der Waals surface area contributed by atoms with Crippen LogP contribution in [0.3, 0.4) is 0 Å². The van der Waals surface area contributed by atoms with Crippen LogP contribution in [0.15, 0.2) is 65.4 Å². The van der Waals surface area contributed by atoms with Crippen molar-refractivity contribution in [1.29, 1.82) is 0 Å². The molecular formula is C19H13BrFN5. The topological polar surface area (TPSA) is 76.7 Å². The third-order valence-electron chi connectivity index (χ3n) is 3.88. The van der Waals surface area contributed by atoms with E-state index in [4.69, 9.17) is 5.73 Å². The molecule has 26 heavy (non-hydrogen) atoms. The third kappa shape index (κ3) is 3.21. The van der Waals surface area contributed by atoms with Crippen molar-refractivity contribution < 1.29 is 4.39 Å². The maximum atomic E-state index is 13.4. The summed E-state index contributed by atoms with van der Waals surface area (Å²) in [6, 6.07) is 14.3. The number of anilines is 3. The Morgan fingerprint density at radius 2 is 1.81 bits per heavy atom. The van der Waals surface area contributed by atoms with Gasteiger partial charge in [0.1, 0.15) is 11.6 Å². The molecule has 0 aliphatic carbocycles. The molecule has 0 aliphatic rings. The van der Waals surface area contributed by atoms with Crippen molar-refractivity contribution in [3.8, 4) is 11.1 Å². The van der Waals surface area contributed by atoms with E-state index >= 15 is 0 Å². The van der Waals surface area contributed by atoms with Gasteiger partial charge in [0.15, 0.2) is 0 Å². The highest BCUT2D eigenvalue weighted by atomic mass is 79.9. The quantitative estimate of drug-likeness (QED) is 0.502. The van der Waals surface area contributed by atoms with Gasteiger partial charge in [-0.1, -0.05) is 40.2 Å². The minimum absolute atomic E-state index is 0.142. The number of hydrogen-bond donors (Lipinski definition) is 2. The van der Waals surface area contributed by atoms with Crippen molar-refractivity contribution in [1.82, 2.24) is 15.0 Å². The van der Waals surface area contributed by atoms with Crippen LogP contribution in [0.4, 0.5) is 21.8 Å². The fourth-order valence-electron chi connectivity index (χ4n) is 2.67. The van der Waals surface area contributed by atoms with E-state index in [1.54, 1.807) is 18.5 Å². The van der Waals surface area contributed by atoms with E-state index in [1.165, 1.54) is 12.1 Å². The molecular weight excluding hydrogens is 397 g/mol. The van der Waals surface area contributed by atoms with Gasteiger partial charge in [-0.15, -0.1) is 0 Å². The number of fused-ring (bicyclic) bond motifs is 1. The molecule has 2 aromatic heterocycles. The summed E-state index contributed by atoms with van der Waals surface area (Å²) >= 11 is 3.39. The normalized spacial score (nSPS) is 10.8. The second-order valence-corrected chi connectivity index (χ2v) is 6.51. The number of para-hydroxylation sites is 1. The average Bonchev–Trinajstić information content (AvgIpc) is 2.63. The number of nitrogens with one attached hydrogen (secondary N) is 1. The summed E-state index contributed by atoms with van der Waals surface area (Å²) in [5, 5.41) is 4.24. The summed E-state index contributed by atoms with van der Waals surface area (Å²) in [6.45, 7) is 0. The summed E-state index contributed by atoms with van der Waals surface area (Å²) in [4.78, 5) is 12.8. The average molecular weight is 410 g/mol. The highest BCUT2D eigenvalue weighted by molar-refractivity contribution is 9.10. The Hall–Kier alpha value is -3.06. The van der Waals surface area contributed by atoms with Gasteiger partial charge in [-0.3, -0.25) is 4.98 Å². The van der Waals surface area contributed by atoms with Gasteiger partial charge in [0.05, 0.1) is 17.4 Å². The number of aromatic nitrogens is 3. The Morgan fingerprint density at radius 3 is 2.65 bits per heavy atom. The number of rotatable bonds is 3. The van der Waals surface area contributed by atoms with Gasteiger partial charge in [-0.2, -0.15) is 4.98 Å². The predicted octanol–water partition coefficient (Wildman–Crippen LogP) is 4.92.